The summed E-state index contributed by atoms with van der Waals surface area (Å²) in [6, 6.07) is 0. The van der Waals surface area contributed by atoms with Crippen LogP contribution in [-0.4, -0.2) is 0 Å². The summed E-state index contributed by atoms with van der Waals surface area (Å²) < 4.78 is 0. The van der Waals surface area contributed by atoms with Gasteiger partial charge in [0, 0.05) is 0 Å². The quantitative estimate of drug-likeness (QED) is 0.448. The molecule has 0 amide bonds. The number of hydrogen-bond donors (Lipinski definition) is 0. The fraction of sp³-hybridized carbons (Fsp3) is 1.00. The summed E-state index contributed by atoms with van der Waals surface area (Å²) >= 11 is 0. The SMILES string of the molecule is CCCCC1C(C2(C)CCCC(C)CC2)CCC2(C)CCCCC12C. The third-order valence-electron chi connectivity index (χ3n) is 9.78. The molecule has 0 aromatic heterocycles. The first-order chi connectivity index (χ1) is 11.8. The van der Waals surface area contributed by atoms with E-state index in [9.17, 15) is 0 Å². The minimum absolute atomic E-state index is 0.615. The van der Waals surface area contributed by atoms with Crippen LogP contribution in [-0.2, 0) is 0 Å². The van der Waals surface area contributed by atoms with Crippen LogP contribution in [0.5, 0.6) is 0 Å². The Bertz CT molecular complexity index is 439. The average Bonchev–Trinajstić information content (AvgIpc) is 2.75. The minimum atomic E-state index is 0.615. The molecule has 0 heterocycles. The van der Waals surface area contributed by atoms with Crippen LogP contribution < -0.4 is 0 Å². The zero-order valence-electron chi connectivity index (χ0n) is 18.1. The summed E-state index contributed by atoms with van der Waals surface area (Å²) in [4.78, 5) is 0. The summed E-state index contributed by atoms with van der Waals surface area (Å²) in [5, 5.41) is 0. The second-order valence-corrected chi connectivity index (χ2v) is 11.3. The molecule has 6 unspecified atom stereocenters. The van der Waals surface area contributed by atoms with Gasteiger partial charge in [0.15, 0.2) is 0 Å². The van der Waals surface area contributed by atoms with E-state index in [2.05, 4.69) is 34.6 Å². The Labute approximate surface area is 158 Å². The lowest BCUT2D eigenvalue weighted by Crippen LogP contribution is -2.54. The lowest BCUT2D eigenvalue weighted by molar-refractivity contribution is -0.136. The molecule has 0 aromatic carbocycles. The van der Waals surface area contributed by atoms with E-state index in [1.807, 2.05) is 0 Å². The minimum Gasteiger partial charge on any atom is -0.0654 e. The normalized spacial score (nSPS) is 48.6. The fourth-order valence-corrected chi connectivity index (χ4v) is 7.61. The fourth-order valence-electron chi connectivity index (χ4n) is 7.61. The van der Waals surface area contributed by atoms with Gasteiger partial charge in [-0.25, -0.2) is 0 Å². The van der Waals surface area contributed by atoms with Gasteiger partial charge < -0.3 is 0 Å². The zero-order valence-corrected chi connectivity index (χ0v) is 18.1. The third-order valence-corrected chi connectivity index (χ3v) is 9.78. The van der Waals surface area contributed by atoms with Crippen molar-refractivity contribution in [2.24, 2.45) is 34.0 Å². The maximum absolute atomic E-state index is 2.74. The van der Waals surface area contributed by atoms with Gasteiger partial charge in [0.1, 0.15) is 0 Å². The molecule has 3 aliphatic carbocycles. The largest absolute Gasteiger partial charge is 0.0654 e. The first-order valence-electron chi connectivity index (χ1n) is 11.8. The van der Waals surface area contributed by atoms with Crippen LogP contribution in [0.15, 0.2) is 0 Å². The summed E-state index contributed by atoms with van der Waals surface area (Å²) in [5.41, 5.74) is 1.88. The second-order valence-electron chi connectivity index (χ2n) is 11.3. The third kappa shape index (κ3) is 3.58. The highest BCUT2D eigenvalue weighted by atomic mass is 14.6. The van der Waals surface area contributed by atoms with E-state index >= 15 is 0 Å². The van der Waals surface area contributed by atoms with Crippen LogP contribution in [0.3, 0.4) is 0 Å². The number of rotatable bonds is 4. The molecule has 0 aromatic rings. The molecule has 3 saturated carbocycles. The molecule has 0 nitrogen and oxygen atoms in total. The number of fused-ring (bicyclic) bond motifs is 1. The standard InChI is InChI=1S/C25H46/c1-6-7-12-22-21(23(3)15-10-11-20(2)13-18-23)14-19-24(4)16-8-9-17-25(22,24)5/h20-22H,6-19H2,1-5H3. The summed E-state index contributed by atoms with van der Waals surface area (Å²) in [6.45, 7) is 13.0. The highest BCUT2D eigenvalue weighted by Gasteiger charge is 2.57. The van der Waals surface area contributed by atoms with Crippen molar-refractivity contribution in [1.82, 2.24) is 0 Å². The van der Waals surface area contributed by atoms with Crippen LogP contribution in [0.1, 0.15) is 125 Å². The van der Waals surface area contributed by atoms with Crippen LogP contribution in [0, 0.1) is 34.0 Å². The lowest BCUT2D eigenvalue weighted by atomic mass is 9.42. The molecular weight excluding hydrogens is 300 g/mol. The highest BCUT2D eigenvalue weighted by molar-refractivity contribution is 5.07. The van der Waals surface area contributed by atoms with Crippen LogP contribution in [0.25, 0.3) is 0 Å². The molecule has 3 fully saturated rings. The predicted molar refractivity (Wildman–Crippen MR) is 111 cm³/mol. The van der Waals surface area contributed by atoms with E-state index < -0.39 is 0 Å². The highest BCUT2D eigenvalue weighted by Crippen LogP contribution is 2.67. The second kappa shape index (κ2) is 7.55. The van der Waals surface area contributed by atoms with Crippen LogP contribution in [0.2, 0.25) is 0 Å². The molecule has 0 spiro atoms. The Hall–Kier alpha value is 0. The smallest absolute Gasteiger partial charge is 0.0241 e. The average molecular weight is 347 g/mol. The van der Waals surface area contributed by atoms with Crippen molar-refractivity contribution in [1.29, 1.82) is 0 Å². The lowest BCUT2D eigenvalue weighted by Gasteiger charge is -2.63. The Morgan fingerprint density at radius 3 is 2.32 bits per heavy atom. The van der Waals surface area contributed by atoms with E-state index in [1.54, 1.807) is 0 Å². The Morgan fingerprint density at radius 2 is 1.56 bits per heavy atom. The molecule has 25 heavy (non-hydrogen) atoms. The molecule has 3 rings (SSSR count). The summed E-state index contributed by atoms with van der Waals surface area (Å²) in [7, 11) is 0. The summed E-state index contributed by atoms with van der Waals surface area (Å²) in [5.74, 6) is 2.96. The van der Waals surface area contributed by atoms with Crippen LogP contribution >= 0.6 is 0 Å². The van der Waals surface area contributed by atoms with Gasteiger partial charge in [-0.2, -0.15) is 0 Å². The zero-order chi connectivity index (χ0) is 18.1. The van der Waals surface area contributed by atoms with Gasteiger partial charge in [-0.05, 0) is 78.9 Å². The van der Waals surface area contributed by atoms with Gasteiger partial charge in [0.2, 0.25) is 0 Å². The topological polar surface area (TPSA) is 0 Å². The van der Waals surface area contributed by atoms with Crippen molar-refractivity contribution in [3.8, 4) is 0 Å². The Balaban J connectivity index is 1.89. The van der Waals surface area contributed by atoms with Crippen molar-refractivity contribution >= 4 is 0 Å². The van der Waals surface area contributed by atoms with E-state index in [0.717, 1.165) is 17.8 Å². The van der Waals surface area contributed by atoms with E-state index in [1.165, 1.54) is 89.9 Å². The molecule has 3 aliphatic rings. The maximum atomic E-state index is 2.74. The van der Waals surface area contributed by atoms with Gasteiger partial charge in [-0.3, -0.25) is 0 Å². The molecule has 146 valence electrons. The number of hydrogen-bond acceptors (Lipinski definition) is 0. The van der Waals surface area contributed by atoms with Crippen LogP contribution in [0.4, 0.5) is 0 Å². The van der Waals surface area contributed by atoms with Gasteiger partial charge >= 0.3 is 0 Å². The molecule has 0 N–H and O–H groups in total. The van der Waals surface area contributed by atoms with Gasteiger partial charge in [0.25, 0.3) is 0 Å². The van der Waals surface area contributed by atoms with Crippen molar-refractivity contribution in [3.05, 3.63) is 0 Å². The molecule has 6 atom stereocenters. The van der Waals surface area contributed by atoms with E-state index in [-0.39, 0.29) is 0 Å². The first kappa shape index (κ1) is 19.8. The Kier molecular flexibility index (Phi) is 5.97. The van der Waals surface area contributed by atoms with Crippen molar-refractivity contribution in [2.75, 3.05) is 0 Å². The summed E-state index contributed by atoms with van der Waals surface area (Å²) in [6.07, 6.45) is 20.9. The molecule has 0 heteroatoms. The van der Waals surface area contributed by atoms with Gasteiger partial charge in [-0.1, -0.05) is 79.6 Å². The van der Waals surface area contributed by atoms with E-state index in [0.29, 0.717) is 16.2 Å². The first-order valence-corrected chi connectivity index (χ1v) is 11.8. The predicted octanol–water partition coefficient (Wildman–Crippen LogP) is 8.40. The van der Waals surface area contributed by atoms with Crippen molar-refractivity contribution in [3.63, 3.8) is 0 Å². The van der Waals surface area contributed by atoms with E-state index in [4.69, 9.17) is 0 Å². The van der Waals surface area contributed by atoms with Crippen molar-refractivity contribution < 1.29 is 0 Å². The monoisotopic (exact) mass is 346 g/mol. The molecule has 0 radical (unpaired) electrons. The van der Waals surface area contributed by atoms with Gasteiger partial charge in [-0.15, -0.1) is 0 Å². The number of unbranched alkanes of at least 4 members (excludes halogenated alkanes) is 1. The van der Waals surface area contributed by atoms with Gasteiger partial charge in [0.05, 0.1) is 0 Å². The van der Waals surface area contributed by atoms with Crippen molar-refractivity contribution in [2.45, 2.75) is 125 Å². The Morgan fingerprint density at radius 1 is 0.800 bits per heavy atom. The molecule has 0 aliphatic heterocycles. The maximum Gasteiger partial charge on any atom is -0.0241 e. The molecule has 0 saturated heterocycles. The molecular formula is C25H46. The molecule has 0 bridgehead atoms.